The number of hydrogen-bond acceptors (Lipinski definition) is 3. The molecule has 0 fully saturated rings. The third-order valence-corrected chi connectivity index (χ3v) is 2.41. The Labute approximate surface area is 85.9 Å². The van der Waals surface area contributed by atoms with Gasteiger partial charge >= 0.3 is 0 Å². The average molecular weight is 196 g/mol. The van der Waals surface area contributed by atoms with E-state index in [4.69, 9.17) is 10.2 Å². The van der Waals surface area contributed by atoms with E-state index in [-0.39, 0.29) is 6.04 Å². The van der Waals surface area contributed by atoms with Crippen molar-refractivity contribution in [2.45, 2.75) is 26.4 Å². The predicted octanol–water partition coefficient (Wildman–Crippen LogP) is 1.69. The number of nitrogens with zero attached hydrogens (tertiary/aromatic N) is 1. The summed E-state index contributed by atoms with van der Waals surface area (Å²) < 4.78 is 5.01. The molecular weight excluding hydrogens is 176 g/mol. The first-order valence-corrected chi connectivity index (χ1v) is 5.04. The van der Waals surface area contributed by atoms with Crippen LogP contribution in [0.2, 0.25) is 0 Å². The highest BCUT2D eigenvalue weighted by Crippen LogP contribution is 2.06. The first kappa shape index (κ1) is 11.3. The summed E-state index contributed by atoms with van der Waals surface area (Å²) in [5, 5.41) is 0. The molecule has 3 nitrogen and oxygen atoms in total. The van der Waals surface area contributed by atoms with E-state index in [1.54, 1.807) is 12.5 Å². The fourth-order valence-corrected chi connectivity index (χ4v) is 1.33. The van der Waals surface area contributed by atoms with Gasteiger partial charge in [-0.3, -0.25) is 0 Å². The van der Waals surface area contributed by atoms with Gasteiger partial charge in [0.15, 0.2) is 0 Å². The molecule has 0 spiro atoms. The standard InChI is InChI=1S/C11H20N2O/c1-9(2)11(12)7-13(3)6-10-4-5-14-8-10/h4-5,8-9,11H,6-7,12H2,1-3H3. The van der Waals surface area contributed by atoms with Crippen molar-refractivity contribution in [2.75, 3.05) is 13.6 Å². The summed E-state index contributed by atoms with van der Waals surface area (Å²) >= 11 is 0. The van der Waals surface area contributed by atoms with E-state index >= 15 is 0 Å². The summed E-state index contributed by atoms with van der Waals surface area (Å²) in [4.78, 5) is 2.22. The van der Waals surface area contributed by atoms with Crippen molar-refractivity contribution in [2.24, 2.45) is 11.7 Å². The van der Waals surface area contributed by atoms with Crippen molar-refractivity contribution in [3.05, 3.63) is 24.2 Å². The summed E-state index contributed by atoms with van der Waals surface area (Å²) in [6.07, 6.45) is 3.48. The summed E-state index contributed by atoms with van der Waals surface area (Å²) in [6.45, 7) is 6.12. The minimum absolute atomic E-state index is 0.243. The van der Waals surface area contributed by atoms with Crippen molar-refractivity contribution >= 4 is 0 Å². The van der Waals surface area contributed by atoms with E-state index in [2.05, 4.69) is 25.8 Å². The quantitative estimate of drug-likeness (QED) is 0.779. The zero-order valence-corrected chi connectivity index (χ0v) is 9.23. The highest BCUT2D eigenvalue weighted by atomic mass is 16.3. The van der Waals surface area contributed by atoms with Crippen LogP contribution in [0.1, 0.15) is 19.4 Å². The van der Waals surface area contributed by atoms with Crippen LogP contribution in [0, 0.1) is 5.92 Å². The zero-order chi connectivity index (χ0) is 10.6. The predicted molar refractivity (Wildman–Crippen MR) is 57.9 cm³/mol. The Morgan fingerprint density at radius 2 is 2.21 bits per heavy atom. The lowest BCUT2D eigenvalue weighted by Gasteiger charge is -2.23. The van der Waals surface area contributed by atoms with Crippen molar-refractivity contribution < 1.29 is 4.42 Å². The molecule has 14 heavy (non-hydrogen) atoms. The van der Waals surface area contributed by atoms with Crippen LogP contribution in [0.4, 0.5) is 0 Å². The molecule has 0 amide bonds. The van der Waals surface area contributed by atoms with Gasteiger partial charge in [0.25, 0.3) is 0 Å². The van der Waals surface area contributed by atoms with Crippen LogP contribution in [0.5, 0.6) is 0 Å². The fourth-order valence-electron chi connectivity index (χ4n) is 1.33. The smallest absolute Gasteiger partial charge is 0.0947 e. The Morgan fingerprint density at radius 1 is 1.50 bits per heavy atom. The highest BCUT2D eigenvalue weighted by Gasteiger charge is 2.10. The van der Waals surface area contributed by atoms with Gasteiger partial charge in [0, 0.05) is 24.7 Å². The van der Waals surface area contributed by atoms with Gasteiger partial charge in [-0.05, 0) is 19.0 Å². The topological polar surface area (TPSA) is 42.4 Å². The van der Waals surface area contributed by atoms with E-state index in [9.17, 15) is 0 Å². The second-order valence-corrected chi connectivity index (χ2v) is 4.24. The SMILES string of the molecule is CC(C)C(N)CN(C)Cc1ccoc1. The van der Waals surface area contributed by atoms with Crippen LogP contribution < -0.4 is 5.73 Å². The van der Waals surface area contributed by atoms with Crippen molar-refractivity contribution in [1.29, 1.82) is 0 Å². The molecule has 0 aromatic carbocycles. The van der Waals surface area contributed by atoms with Gasteiger partial charge < -0.3 is 15.1 Å². The Balaban J connectivity index is 2.32. The lowest BCUT2D eigenvalue weighted by atomic mass is 10.1. The molecule has 0 saturated heterocycles. The van der Waals surface area contributed by atoms with Crippen LogP contribution >= 0.6 is 0 Å². The molecule has 1 heterocycles. The lowest BCUT2D eigenvalue weighted by molar-refractivity contribution is 0.276. The number of furan rings is 1. The number of likely N-dealkylation sites (N-methyl/N-ethyl adjacent to an activating group) is 1. The van der Waals surface area contributed by atoms with Gasteiger partial charge in [-0.15, -0.1) is 0 Å². The van der Waals surface area contributed by atoms with Crippen LogP contribution in [-0.4, -0.2) is 24.5 Å². The Bertz CT molecular complexity index is 244. The molecule has 0 aliphatic carbocycles. The number of rotatable bonds is 5. The molecule has 1 aromatic rings. The second kappa shape index (κ2) is 5.17. The van der Waals surface area contributed by atoms with Crippen molar-refractivity contribution in [3.63, 3.8) is 0 Å². The average Bonchev–Trinajstić information content (AvgIpc) is 2.56. The van der Waals surface area contributed by atoms with Gasteiger partial charge in [0.2, 0.25) is 0 Å². The van der Waals surface area contributed by atoms with Crippen LogP contribution in [0.3, 0.4) is 0 Å². The van der Waals surface area contributed by atoms with Gasteiger partial charge in [-0.25, -0.2) is 0 Å². The molecule has 0 aliphatic heterocycles. The van der Waals surface area contributed by atoms with E-state index in [0.717, 1.165) is 13.1 Å². The van der Waals surface area contributed by atoms with Crippen molar-refractivity contribution in [1.82, 2.24) is 4.90 Å². The summed E-state index contributed by atoms with van der Waals surface area (Å²) in [6, 6.07) is 2.23. The van der Waals surface area contributed by atoms with Crippen LogP contribution in [0.15, 0.2) is 23.0 Å². The molecule has 0 saturated carbocycles. The summed E-state index contributed by atoms with van der Waals surface area (Å²) in [5.41, 5.74) is 7.18. The number of hydrogen-bond donors (Lipinski definition) is 1. The normalized spacial score (nSPS) is 13.9. The molecule has 1 rings (SSSR count). The Hall–Kier alpha value is -0.800. The maximum absolute atomic E-state index is 5.98. The van der Waals surface area contributed by atoms with Crippen molar-refractivity contribution in [3.8, 4) is 0 Å². The van der Waals surface area contributed by atoms with E-state index in [1.165, 1.54) is 5.56 Å². The van der Waals surface area contributed by atoms with Gasteiger partial charge in [0.05, 0.1) is 12.5 Å². The third-order valence-electron chi connectivity index (χ3n) is 2.41. The summed E-state index contributed by atoms with van der Waals surface area (Å²) in [7, 11) is 2.08. The highest BCUT2D eigenvalue weighted by molar-refractivity contribution is 5.04. The molecule has 0 aliphatic rings. The Kier molecular flexibility index (Phi) is 4.17. The second-order valence-electron chi connectivity index (χ2n) is 4.24. The lowest BCUT2D eigenvalue weighted by Crippen LogP contribution is -2.38. The first-order valence-electron chi connectivity index (χ1n) is 5.04. The third kappa shape index (κ3) is 3.52. The molecule has 1 atom stereocenters. The molecule has 1 unspecified atom stereocenters. The first-order chi connectivity index (χ1) is 6.59. The largest absolute Gasteiger partial charge is 0.472 e. The molecule has 0 radical (unpaired) electrons. The monoisotopic (exact) mass is 196 g/mol. The molecule has 3 heteroatoms. The van der Waals surface area contributed by atoms with E-state index in [0.29, 0.717) is 5.92 Å². The summed E-state index contributed by atoms with van der Waals surface area (Å²) in [5.74, 6) is 0.529. The van der Waals surface area contributed by atoms with Crippen LogP contribution in [0.25, 0.3) is 0 Å². The molecule has 0 bridgehead atoms. The number of nitrogens with two attached hydrogens (primary N) is 1. The Morgan fingerprint density at radius 3 is 2.71 bits per heavy atom. The maximum atomic E-state index is 5.98. The van der Waals surface area contributed by atoms with E-state index in [1.807, 2.05) is 6.07 Å². The maximum Gasteiger partial charge on any atom is 0.0947 e. The van der Waals surface area contributed by atoms with E-state index < -0.39 is 0 Å². The molecule has 2 N–H and O–H groups in total. The minimum atomic E-state index is 0.243. The molecule has 1 aromatic heterocycles. The molecular formula is C11H20N2O. The molecule has 80 valence electrons. The fraction of sp³-hybridized carbons (Fsp3) is 0.636. The minimum Gasteiger partial charge on any atom is -0.472 e. The zero-order valence-electron chi connectivity index (χ0n) is 9.23. The van der Waals surface area contributed by atoms with Gasteiger partial charge in [0.1, 0.15) is 0 Å². The van der Waals surface area contributed by atoms with Crippen LogP contribution in [-0.2, 0) is 6.54 Å². The van der Waals surface area contributed by atoms with Gasteiger partial charge in [-0.1, -0.05) is 13.8 Å². The van der Waals surface area contributed by atoms with Gasteiger partial charge in [-0.2, -0.15) is 0 Å².